The number of hydrogen-bond acceptors (Lipinski definition) is 6. The molecule has 0 unspecified atom stereocenters. The SMILES string of the molecule is Cc1ccc(Cl)cc1Nc1ncnc(Nc2cccc3ncccc23)c1N. The zero-order valence-electron chi connectivity index (χ0n) is 14.6. The van der Waals surface area contributed by atoms with E-state index in [1.165, 1.54) is 6.33 Å². The number of rotatable bonds is 4. The van der Waals surface area contributed by atoms with Gasteiger partial charge < -0.3 is 16.4 Å². The maximum atomic E-state index is 6.31. The minimum atomic E-state index is 0.415. The van der Waals surface area contributed by atoms with E-state index in [2.05, 4.69) is 25.6 Å². The predicted octanol–water partition coefficient (Wildman–Crippen LogP) is 5.06. The molecule has 0 saturated carbocycles. The molecule has 0 bridgehead atoms. The summed E-state index contributed by atoms with van der Waals surface area (Å²) in [5, 5.41) is 8.14. The quantitative estimate of drug-likeness (QED) is 0.461. The van der Waals surface area contributed by atoms with Gasteiger partial charge in [-0.05, 0) is 48.9 Å². The standard InChI is InChI=1S/C20H17ClN6/c1-12-7-8-13(21)10-17(12)27-20-18(22)19(24-11-25-20)26-16-6-2-5-15-14(16)4-3-9-23-15/h2-11H,22H2,1H3,(H2,24,25,26,27). The van der Waals surface area contributed by atoms with Crippen molar-refractivity contribution in [3.05, 3.63) is 71.6 Å². The van der Waals surface area contributed by atoms with Crippen LogP contribution in [-0.2, 0) is 0 Å². The van der Waals surface area contributed by atoms with E-state index in [4.69, 9.17) is 17.3 Å². The molecule has 2 aromatic heterocycles. The fourth-order valence-electron chi connectivity index (χ4n) is 2.79. The summed E-state index contributed by atoms with van der Waals surface area (Å²) in [6, 6.07) is 15.4. The normalized spacial score (nSPS) is 10.7. The minimum Gasteiger partial charge on any atom is -0.393 e. The summed E-state index contributed by atoms with van der Waals surface area (Å²) < 4.78 is 0. The van der Waals surface area contributed by atoms with Crippen molar-refractivity contribution in [2.45, 2.75) is 6.92 Å². The van der Waals surface area contributed by atoms with E-state index in [0.29, 0.717) is 22.3 Å². The Labute approximate surface area is 161 Å². The van der Waals surface area contributed by atoms with Gasteiger partial charge in [0.2, 0.25) is 0 Å². The second kappa shape index (κ2) is 7.09. The highest BCUT2D eigenvalue weighted by atomic mass is 35.5. The Morgan fingerprint density at radius 2 is 1.67 bits per heavy atom. The number of nitrogen functional groups attached to an aromatic ring is 1. The third kappa shape index (κ3) is 3.47. The van der Waals surface area contributed by atoms with E-state index in [-0.39, 0.29) is 0 Å². The van der Waals surface area contributed by atoms with Crippen LogP contribution in [0.25, 0.3) is 10.9 Å². The van der Waals surface area contributed by atoms with E-state index < -0.39 is 0 Å². The lowest BCUT2D eigenvalue weighted by atomic mass is 10.2. The van der Waals surface area contributed by atoms with Crippen molar-refractivity contribution in [3.63, 3.8) is 0 Å². The van der Waals surface area contributed by atoms with Gasteiger partial charge in [-0.1, -0.05) is 23.7 Å². The van der Waals surface area contributed by atoms with Gasteiger partial charge >= 0.3 is 0 Å². The Hall–Kier alpha value is -3.38. The van der Waals surface area contributed by atoms with Crippen LogP contribution in [0, 0.1) is 6.92 Å². The molecule has 2 heterocycles. The largest absolute Gasteiger partial charge is 0.393 e. The van der Waals surface area contributed by atoms with E-state index >= 15 is 0 Å². The van der Waals surface area contributed by atoms with Crippen molar-refractivity contribution in [2.75, 3.05) is 16.4 Å². The average molecular weight is 377 g/mol. The first-order chi connectivity index (χ1) is 13.1. The third-order valence-corrected chi connectivity index (χ3v) is 4.47. The number of fused-ring (bicyclic) bond motifs is 1. The number of nitrogens with one attached hydrogen (secondary N) is 2. The van der Waals surface area contributed by atoms with Gasteiger partial charge in [0.25, 0.3) is 0 Å². The number of hydrogen-bond donors (Lipinski definition) is 3. The first-order valence-electron chi connectivity index (χ1n) is 8.36. The monoisotopic (exact) mass is 376 g/mol. The first kappa shape index (κ1) is 17.1. The highest BCUT2D eigenvalue weighted by Crippen LogP contribution is 2.32. The molecule has 0 atom stereocenters. The number of halogens is 1. The number of nitrogens with two attached hydrogens (primary N) is 1. The van der Waals surface area contributed by atoms with Crippen molar-refractivity contribution >= 4 is 51.2 Å². The molecule has 27 heavy (non-hydrogen) atoms. The van der Waals surface area contributed by atoms with Gasteiger partial charge in [-0.25, -0.2) is 9.97 Å². The summed E-state index contributed by atoms with van der Waals surface area (Å²) in [7, 11) is 0. The second-order valence-electron chi connectivity index (χ2n) is 6.07. The van der Waals surface area contributed by atoms with Crippen molar-refractivity contribution in [1.29, 1.82) is 0 Å². The Morgan fingerprint density at radius 3 is 2.48 bits per heavy atom. The van der Waals surface area contributed by atoms with Crippen LogP contribution >= 0.6 is 11.6 Å². The van der Waals surface area contributed by atoms with Crippen LogP contribution in [0.4, 0.5) is 28.7 Å². The van der Waals surface area contributed by atoms with Crippen molar-refractivity contribution in [2.24, 2.45) is 0 Å². The highest BCUT2D eigenvalue weighted by molar-refractivity contribution is 6.30. The number of nitrogens with zero attached hydrogens (tertiary/aromatic N) is 3. The molecule has 0 aliphatic carbocycles. The molecule has 134 valence electrons. The summed E-state index contributed by atoms with van der Waals surface area (Å²) in [5.41, 5.74) is 10.4. The van der Waals surface area contributed by atoms with Gasteiger partial charge in [-0.15, -0.1) is 0 Å². The maximum absolute atomic E-state index is 6.31. The summed E-state index contributed by atoms with van der Waals surface area (Å²) in [4.78, 5) is 12.9. The lowest BCUT2D eigenvalue weighted by Crippen LogP contribution is -2.06. The molecule has 0 aliphatic heterocycles. The summed E-state index contributed by atoms with van der Waals surface area (Å²) in [5.74, 6) is 1.03. The fourth-order valence-corrected chi connectivity index (χ4v) is 2.96. The van der Waals surface area contributed by atoms with Crippen LogP contribution in [0.2, 0.25) is 5.02 Å². The Kier molecular flexibility index (Phi) is 4.48. The molecular formula is C20H17ClN6. The smallest absolute Gasteiger partial charge is 0.159 e. The molecule has 4 aromatic rings. The zero-order chi connectivity index (χ0) is 18.8. The van der Waals surface area contributed by atoms with Gasteiger partial charge in [-0.2, -0.15) is 0 Å². The van der Waals surface area contributed by atoms with Gasteiger partial charge in [0.05, 0.1) is 5.52 Å². The average Bonchev–Trinajstić information content (AvgIpc) is 2.68. The van der Waals surface area contributed by atoms with Crippen LogP contribution in [0.3, 0.4) is 0 Å². The topological polar surface area (TPSA) is 88.8 Å². The number of anilines is 5. The van der Waals surface area contributed by atoms with E-state index in [9.17, 15) is 0 Å². The lowest BCUT2D eigenvalue weighted by Gasteiger charge is -2.15. The van der Waals surface area contributed by atoms with Crippen molar-refractivity contribution in [1.82, 2.24) is 15.0 Å². The third-order valence-electron chi connectivity index (χ3n) is 4.24. The van der Waals surface area contributed by atoms with Crippen LogP contribution in [0.1, 0.15) is 5.56 Å². The van der Waals surface area contributed by atoms with Crippen LogP contribution in [-0.4, -0.2) is 15.0 Å². The zero-order valence-corrected chi connectivity index (χ0v) is 15.3. The number of aryl methyl sites for hydroxylation is 1. The van der Waals surface area contributed by atoms with E-state index in [0.717, 1.165) is 27.8 Å². The number of pyridine rings is 1. The lowest BCUT2D eigenvalue weighted by molar-refractivity contribution is 1.17. The first-order valence-corrected chi connectivity index (χ1v) is 8.74. The molecule has 0 radical (unpaired) electrons. The van der Waals surface area contributed by atoms with Gasteiger partial charge in [-0.3, -0.25) is 4.98 Å². The molecular weight excluding hydrogens is 360 g/mol. The molecule has 4 rings (SSSR count). The van der Waals surface area contributed by atoms with Crippen molar-refractivity contribution in [3.8, 4) is 0 Å². The second-order valence-corrected chi connectivity index (χ2v) is 6.51. The maximum Gasteiger partial charge on any atom is 0.159 e. The van der Waals surface area contributed by atoms with Crippen molar-refractivity contribution < 1.29 is 0 Å². The van der Waals surface area contributed by atoms with Gasteiger partial charge in [0.15, 0.2) is 11.6 Å². The molecule has 0 saturated heterocycles. The van der Waals surface area contributed by atoms with E-state index in [1.807, 2.05) is 55.5 Å². The molecule has 6 nitrogen and oxygen atoms in total. The van der Waals surface area contributed by atoms with Crippen LogP contribution in [0.5, 0.6) is 0 Å². The molecule has 0 fully saturated rings. The summed E-state index contributed by atoms with van der Waals surface area (Å²) in [6.45, 7) is 1.98. The molecule has 7 heteroatoms. The molecule has 0 spiro atoms. The molecule has 0 amide bonds. The van der Waals surface area contributed by atoms with Gasteiger partial charge in [0.1, 0.15) is 12.0 Å². The van der Waals surface area contributed by atoms with E-state index in [1.54, 1.807) is 6.20 Å². The molecule has 4 N–H and O–H groups in total. The van der Waals surface area contributed by atoms with Crippen LogP contribution < -0.4 is 16.4 Å². The Balaban J connectivity index is 1.69. The molecule has 0 aliphatic rings. The summed E-state index contributed by atoms with van der Waals surface area (Å²) in [6.07, 6.45) is 3.23. The predicted molar refractivity (Wildman–Crippen MR) is 111 cm³/mol. The Morgan fingerprint density at radius 1 is 0.889 bits per heavy atom. The highest BCUT2D eigenvalue weighted by Gasteiger charge is 2.11. The minimum absolute atomic E-state index is 0.415. The molecule has 2 aromatic carbocycles. The summed E-state index contributed by atoms with van der Waals surface area (Å²) >= 11 is 6.09. The Bertz CT molecular complexity index is 1120. The number of aromatic nitrogens is 3. The van der Waals surface area contributed by atoms with Crippen LogP contribution in [0.15, 0.2) is 61.1 Å². The fraction of sp³-hybridized carbons (Fsp3) is 0.0500. The number of benzene rings is 2. The van der Waals surface area contributed by atoms with Gasteiger partial charge in [0, 0.05) is 28.0 Å².